The van der Waals surface area contributed by atoms with Gasteiger partial charge in [0.15, 0.2) is 17.6 Å². The standard InChI is InChI=1S/C27H31F3N8O5/c1-25(2)6-7-42-18-13(4-3-5-14(18)25)22(41)34-16-10-38-24(32)35-15(19-26(38,20(16)39)37-23(31)36-19)9-33-21(40)12-8-17(43-11-12)27(28,29)30/h3-5,8,11,15-16,19-20,39H,6-7,9-10H2,1-2H3,(H2,32,35)(H,33,40)(H,34,41)(H3,31,36,37)/t15-,16?,19?,20+,26?/m0/s1. The Morgan fingerprint density at radius 1 is 1.21 bits per heavy atom. The number of nitrogens with zero attached hydrogens (tertiary/aromatic N) is 1. The monoisotopic (exact) mass is 604 g/mol. The summed E-state index contributed by atoms with van der Waals surface area (Å²) in [6, 6.07) is 3.49. The molecule has 6 rings (SSSR count). The molecule has 8 N–H and O–H groups in total. The number of hydrogen-bond acceptors (Lipinski definition) is 7. The second-order valence-electron chi connectivity index (χ2n) is 11.8. The number of aliphatic hydroxyl groups excluding tert-OH is 1. The molecule has 13 nitrogen and oxygen atoms in total. The summed E-state index contributed by atoms with van der Waals surface area (Å²) in [5.41, 5.74) is -0.736. The van der Waals surface area contributed by atoms with E-state index < -0.39 is 53.6 Å². The minimum absolute atomic E-state index is 0.0207. The highest BCUT2D eigenvalue weighted by atomic mass is 19.4. The molecule has 0 radical (unpaired) electrons. The quantitative estimate of drug-likeness (QED) is 0.243. The number of hydrogen-bond donors (Lipinski definition) is 8. The Morgan fingerprint density at radius 2 is 1.98 bits per heavy atom. The Labute approximate surface area is 243 Å². The zero-order valence-corrected chi connectivity index (χ0v) is 23.2. The van der Waals surface area contributed by atoms with Crippen molar-refractivity contribution in [2.75, 3.05) is 19.7 Å². The van der Waals surface area contributed by atoms with Gasteiger partial charge in [0.25, 0.3) is 11.8 Å². The molecule has 0 bridgehead atoms. The highest BCUT2D eigenvalue weighted by Crippen LogP contribution is 2.41. The highest BCUT2D eigenvalue weighted by molar-refractivity contribution is 5.98. The van der Waals surface area contributed by atoms with Crippen molar-refractivity contribution >= 4 is 23.7 Å². The first-order valence-corrected chi connectivity index (χ1v) is 13.7. The smallest absolute Gasteiger partial charge is 0.449 e. The van der Waals surface area contributed by atoms with Crippen LogP contribution in [0.5, 0.6) is 5.75 Å². The Balaban J connectivity index is 1.20. The van der Waals surface area contributed by atoms with Gasteiger partial charge in [0, 0.05) is 24.7 Å². The number of carbonyl (C=O) groups is 2. The van der Waals surface area contributed by atoms with E-state index in [4.69, 9.17) is 15.6 Å². The third-order valence-corrected chi connectivity index (χ3v) is 8.65. The van der Waals surface area contributed by atoms with Crippen molar-refractivity contribution in [3.05, 3.63) is 53.0 Å². The van der Waals surface area contributed by atoms with E-state index in [-0.39, 0.29) is 36.0 Å². The summed E-state index contributed by atoms with van der Waals surface area (Å²) in [5.74, 6) is -2.40. The summed E-state index contributed by atoms with van der Waals surface area (Å²) in [5, 5.41) is 42.7. The van der Waals surface area contributed by atoms with Gasteiger partial charge in [0.05, 0.1) is 35.9 Å². The van der Waals surface area contributed by atoms with Crippen LogP contribution in [0.15, 0.2) is 34.9 Å². The van der Waals surface area contributed by atoms with Gasteiger partial charge >= 0.3 is 6.18 Å². The summed E-state index contributed by atoms with van der Waals surface area (Å²) < 4.78 is 49.0. The molecule has 5 heterocycles. The number of rotatable bonds is 5. The summed E-state index contributed by atoms with van der Waals surface area (Å²) >= 11 is 0. The maximum absolute atomic E-state index is 13.5. The van der Waals surface area contributed by atoms with E-state index in [1.165, 1.54) is 4.90 Å². The van der Waals surface area contributed by atoms with E-state index in [9.17, 15) is 27.9 Å². The molecule has 1 spiro atoms. The molecular weight excluding hydrogens is 573 g/mol. The lowest BCUT2D eigenvalue weighted by Crippen LogP contribution is -2.78. The molecule has 3 fully saturated rings. The molecule has 5 atom stereocenters. The summed E-state index contributed by atoms with van der Waals surface area (Å²) in [6.07, 6.45) is -4.57. The van der Waals surface area contributed by atoms with Gasteiger partial charge in [-0.25, -0.2) is 0 Å². The van der Waals surface area contributed by atoms with Crippen molar-refractivity contribution in [2.45, 2.75) is 61.8 Å². The number of halogens is 3. The van der Waals surface area contributed by atoms with E-state index in [1.54, 1.807) is 12.1 Å². The fourth-order valence-electron chi connectivity index (χ4n) is 6.40. The number of fused-ring (bicyclic) bond motifs is 1. The van der Waals surface area contributed by atoms with Crippen molar-refractivity contribution in [3.8, 4) is 5.75 Å². The molecule has 16 heteroatoms. The van der Waals surface area contributed by atoms with Gasteiger partial charge in [-0.1, -0.05) is 26.0 Å². The summed E-state index contributed by atoms with van der Waals surface area (Å²) in [7, 11) is 0. The fourth-order valence-corrected chi connectivity index (χ4v) is 6.40. The van der Waals surface area contributed by atoms with E-state index >= 15 is 0 Å². The van der Waals surface area contributed by atoms with Crippen LogP contribution < -0.4 is 31.3 Å². The van der Waals surface area contributed by atoms with Crippen molar-refractivity contribution < 1.29 is 37.0 Å². The third-order valence-electron chi connectivity index (χ3n) is 8.65. The van der Waals surface area contributed by atoms with Gasteiger partial charge in [0.1, 0.15) is 18.1 Å². The largest absolute Gasteiger partial charge is 0.492 e. The van der Waals surface area contributed by atoms with Crippen molar-refractivity contribution in [1.82, 2.24) is 31.5 Å². The minimum Gasteiger partial charge on any atom is -0.492 e. The zero-order chi connectivity index (χ0) is 30.9. The molecule has 4 aliphatic heterocycles. The molecular formula is C27H31F3N8O5. The second-order valence-corrected chi connectivity index (χ2v) is 11.8. The molecule has 1 aromatic carbocycles. The number of furan rings is 1. The van der Waals surface area contributed by atoms with E-state index in [1.807, 2.05) is 6.07 Å². The Morgan fingerprint density at radius 3 is 2.70 bits per heavy atom. The lowest BCUT2D eigenvalue weighted by molar-refractivity contribution is -0.153. The number of carbonyl (C=O) groups excluding carboxylic acids is 2. The van der Waals surface area contributed by atoms with Gasteiger partial charge in [-0.2, -0.15) is 13.2 Å². The average molecular weight is 605 g/mol. The Hall–Kier alpha value is -4.47. The van der Waals surface area contributed by atoms with Crippen molar-refractivity contribution in [3.63, 3.8) is 0 Å². The van der Waals surface area contributed by atoms with Gasteiger partial charge in [-0.3, -0.25) is 20.4 Å². The second kappa shape index (κ2) is 9.79. The third kappa shape index (κ3) is 4.60. The molecule has 3 unspecified atom stereocenters. The van der Waals surface area contributed by atoms with Crippen LogP contribution in [0.3, 0.4) is 0 Å². The first-order valence-electron chi connectivity index (χ1n) is 13.7. The number of nitrogens with one attached hydrogen (secondary N) is 7. The number of alkyl halides is 3. The maximum atomic E-state index is 13.5. The summed E-state index contributed by atoms with van der Waals surface area (Å²) in [4.78, 5) is 27.6. The lowest BCUT2D eigenvalue weighted by atomic mass is 9.79. The summed E-state index contributed by atoms with van der Waals surface area (Å²) in [6.45, 7) is 4.45. The van der Waals surface area contributed by atoms with E-state index in [0.717, 1.165) is 12.0 Å². The number of guanidine groups is 2. The number of aliphatic hydroxyl groups is 1. The molecule has 43 heavy (non-hydrogen) atoms. The SMILES string of the molecule is CC1(C)CCOc2c(C(=O)NC3CN4C(=N)N[C@@H](CNC(=O)c5coc(C(F)(F)F)c5)C5NC(=N)NC54[C@@H]3O)cccc21. The number of benzene rings is 1. The number of ether oxygens (including phenoxy) is 1. The molecule has 4 aliphatic rings. The van der Waals surface area contributed by atoms with Crippen LogP contribution in [0.25, 0.3) is 0 Å². The van der Waals surface area contributed by atoms with Crippen LogP contribution in [0.2, 0.25) is 0 Å². The molecule has 2 aromatic rings. The van der Waals surface area contributed by atoms with Gasteiger partial charge in [-0.15, -0.1) is 0 Å². The number of amides is 2. The van der Waals surface area contributed by atoms with E-state index in [2.05, 4.69) is 44.8 Å². The molecule has 0 aliphatic carbocycles. The maximum Gasteiger partial charge on any atom is 0.449 e. The first kappa shape index (κ1) is 28.6. The first-order chi connectivity index (χ1) is 20.2. The fraction of sp³-hybridized carbons (Fsp3) is 0.481. The average Bonchev–Trinajstić information content (AvgIpc) is 3.64. The molecule has 0 saturated carbocycles. The Bertz CT molecular complexity index is 1510. The minimum atomic E-state index is -4.75. The van der Waals surface area contributed by atoms with Gasteiger partial charge in [0.2, 0.25) is 5.76 Å². The van der Waals surface area contributed by atoms with Crippen LogP contribution in [0.4, 0.5) is 13.2 Å². The zero-order valence-electron chi connectivity index (χ0n) is 23.2. The van der Waals surface area contributed by atoms with Gasteiger partial charge in [-0.05, 0) is 17.9 Å². The van der Waals surface area contributed by atoms with Gasteiger partial charge < -0.3 is 45.7 Å². The predicted octanol–water partition coefficient (Wildman–Crippen LogP) is 0.662. The molecule has 230 valence electrons. The van der Waals surface area contributed by atoms with Crippen LogP contribution in [0, 0.1) is 10.8 Å². The van der Waals surface area contributed by atoms with Crippen LogP contribution >= 0.6 is 0 Å². The molecule has 1 aromatic heterocycles. The molecule has 3 saturated heterocycles. The van der Waals surface area contributed by atoms with Crippen LogP contribution in [-0.4, -0.2) is 83.3 Å². The molecule has 2 amide bonds. The lowest BCUT2D eigenvalue weighted by Gasteiger charge is -2.49. The highest BCUT2D eigenvalue weighted by Gasteiger charge is 2.66. The van der Waals surface area contributed by atoms with Crippen LogP contribution in [0.1, 0.15) is 52.3 Å². The van der Waals surface area contributed by atoms with E-state index in [0.29, 0.717) is 30.2 Å². The van der Waals surface area contributed by atoms with Crippen molar-refractivity contribution in [2.24, 2.45) is 0 Å². The predicted molar refractivity (Wildman–Crippen MR) is 145 cm³/mol. The van der Waals surface area contributed by atoms with Crippen molar-refractivity contribution in [1.29, 1.82) is 10.8 Å². The number of para-hydroxylation sites is 1. The Kier molecular flexibility index (Phi) is 6.52. The topological polar surface area (TPSA) is 188 Å². The van der Waals surface area contributed by atoms with Crippen LogP contribution in [-0.2, 0) is 11.6 Å². The normalized spacial score (nSPS) is 28.8.